The van der Waals surface area contributed by atoms with Gasteiger partial charge in [0.05, 0.1) is 0 Å². The van der Waals surface area contributed by atoms with Crippen LogP contribution in [0.4, 0.5) is 26.3 Å². The molecule has 0 rings (SSSR count). The largest absolute Gasteiger partial charge is 0.423 e. The standard InChI is InChI=1S/C3H2F6O.C2H2/c4-1(5)2(6,7)3(8,9)10;1-2/h1,10H;1-2H. The number of hydrogen-bond donors (Lipinski definition) is 1. The summed E-state index contributed by atoms with van der Waals surface area (Å²) in [7, 11) is 0. The van der Waals surface area contributed by atoms with Gasteiger partial charge < -0.3 is 5.11 Å². The van der Waals surface area contributed by atoms with E-state index in [4.69, 9.17) is 5.11 Å². The fraction of sp³-hybridized carbons (Fsp3) is 0.600. The number of hydrogen-bond acceptors (Lipinski definition) is 1. The first-order chi connectivity index (χ1) is 5.19. The van der Waals surface area contributed by atoms with Gasteiger partial charge in [0.25, 0.3) is 0 Å². The maximum atomic E-state index is 11.3. The van der Waals surface area contributed by atoms with Gasteiger partial charge in [0.15, 0.2) is 0 Å². The number of terminal acetylenes is 1. The minimum Gasteiger partial charge on any atom is -0.331 e. The van der Waals surface area contributed by atoms with Crippen molar-refractivity contribution in [3.63, 3.8) is 0 Å². The third-order valence-electron chi connectivity index (χ3n) is 0.675. The zero-order valence-electron chi connectivity index (χ0n) is 5.45. The summed E-state index contributed by atoms with van der Waals surface area (Å²) in [6.07, 6.45) is -2.24. The molecule has 1 N–H and O–H groups in total. The first-order valence-corrected chi connectivity index (χ1v) is 2.29. The molecule has 0 atom stereocenters. The van der Waals surface area contributed by atoms with Crippen molar-refractivity contribution < 1.29 is 31.4 Å². The molecule has 0 saturated carbocycles. The number of halogens is 6. The second-order valence-electron chi connectivity index (χ2n) is 1.46. The van der Waals surface area contributed by atoms with E-state index in [1.807, 2.05) is 0 Å². The van der Waals surface area contributed by atoms with Crippen molar-refractivity contribution in [1.29, 1.82) is 0 Å². The van der Waals surface area contributed by atoms with Crippen molar-refractivity contribution in [3.8, 4) is 12.8 Å². The lowest BCUT2D eigenvalue weighted by molar-refractivity contribution is -0.355. The number of alkyl halides is 6. The average molecular weight is 194 g/mol. The third kappa shape index (κ3) is 3.00. The molecule has 0 aromatic carbocycles. The lowest BCUT2D eigenvalue weighted by Gasteiger charge is -2.19. The topological polar surface area (TPSA) is 20.2 Å². The van der Waals surface area contributed by atoms with Crippen LogP contribution in [0.3, 0.4) is 0 Å². The predicted molar refractivity (Wildman–Crippen MR) is 28.0 cm³/mol. The number of rotatable bonds is 2. The van der Waals surface area contributed by atoms with Crippen LogP contribution in [-0.2, 0) is 0 Å². The smallest absolute Gasteiger partial charge is 0.331 e. The molecule has 0 radical (unpaired) electrons. The summed E-state index contributed by atoms with van der Waals surface area (Å²) >= 11 is 0. The maximum Gasteiger partial charge on any atom is 0.423 e. The molecule has 0 saturated heterocycles. The van der Waals surface area contributed by atoms with E-state index in [2.05, 4.69) is 12.8 Å². The molecule has 72 valence electrons. The quantitative estimate of drug-likeness (QED) is 0.524. The Morgan fingerprint density at radius 1 is 1.00 bits per heavy atom. The summed E-state index contributed by atoms with van der Waals surface area (Å²) < 4.78 is 66.6. The molecular formula is C5H4F6O. The van der Waals surface area contributed by atoms with E-state index in [0.29, 0.717) is 0 Å². The molecule has 0 aliphatic carbocycles. The van der Waals surface area contributed by atoms with E-state index in [9.17, 15) is 26.3 Å². The van der Waals surface area contributed by atoms with Gasteiger partial charge >= 0.3 is 18.5 Å². The van der Waals surface area contributed by atoms with Crippen LogP contribution >= 0.6 is 0 Å². The van der Waals surface area contributed by atoms with Crippen molar-refractivity contribution in [2.75, 3.05) is 0 Å². The van der Waals surface area contributed by atoms with Gasteiger partial charge in [0.1, 0.15) is 0 Å². The van der Waals surface area contributed by atoms with Crippen molar-refractivity contribution >= 4 is 0 Å². The van der Waals surface area contributed by atoms with Crippen LogP contribution in [0.5, 0.6) is 0 Å². The Hall–Kier alpha value is -0.900. The van der Waals surface area contributed by atoms with Crippen LogP contribution in [0.2, 0.25) is 0 Å². The molecule has 0 amide bonds. The summed E-state index contributed by atoms with van der Waals surface area (Å²) in [5, 5.41) is 7.15. The van der Waals surface area contributed by atoms with Crippen LogP contribution in [0.25, 0.3) is 0 Å². The lowest BCUT2D eigenvalue weighted by atomic mass is 10.3. The highest BCUT2D eigenvalue weighted by Gasteiger charge is 2.62. The highest BCUT2D eigenvalue weighted by Crippen LogP contribution is 2.36. The molecule has 12 heavy (non-hydrogen) atoms. The van der Waals surface area contributed by atoms with Gasteiger partial charge in [-0.05, 0) is 0 Å². The highest BCUT2D eigenvalue weighted by atomic mass is 19.3. The summed E-state index contributed by atoms with van der Waals surface area (Å²) in [6.45, 7) is 0. The first-order valence-electron chi connectivity index (χ1n) is 2.29. The van der Waals surface area contributed by atoms with Gasteiger partial charge in [-0.15, -0.1) is 12.8 Å². The van der Waals surface area contributed by atoms with Crippen LogP contribution in [0.1, 0.15) is 0 Å². The Morgan fingerprint density at radius 3 is 1.25 bits per heavy atom. The van der Waals surface area contributed by atoms with E-state index in [0.717, 1.165) is 0 Å². The summed E-state index contributed by atoms with van der Waals surface area (Å²) in [5.41, 5.74) is 0. The van der Waals surface area contributed by atoms with Gasteiger partial charge in [-0.1, -0.05) is 0 Å². The van der Waals surface area contributed by atoms with Gasteiger partial charge in [-0.2, -0.15) is 17.6 Å². The Morgan fingerprint density at radius 2 is 1.25 bits per heavy atom. The van der Waals surface area contributed by atoms with Gasteiger partial charge in [-0.3, -0.25) is 0 Å². The molecular weight excluding hydrogens is 190 g/mol. The van der Waals surface area contributed by atoms with E-state index >= 15 is 0 Å². The molecule has 0 heterocycles. The minimum atomic E-state index is -5.67. The Kier molecular flexibility index (Phi) is 4.79. The molecule has 0 aliphatic rings. The van der Waals surface area contributed by atoms with E-state index in [-0.39, 0.29) is 0 Å². The molecule has 0 aromatic rings. The summed E-state index contributed by atoms with van der Waals surface area (Å²) in [4.78, 5) is 0. The van der Waals surface area contributed by atoms with E-state index < -0.39 is 18.5 Å². The van der Waals surface area contributed by atoms with Crippen molar-refractivity contribution in [2.45, 2.75) is 18.5 Å². The second kappa shape index (κ2) is 4.21. The molecule has 0 spiro atoms. The maximum absolute atomic E-state index is 11.3. The van der Waals surface area contributed by atoms with E-state index in [1.165, 1.54) is 0 Å². The SMILES string of the molecule is C#C.OC(F)(F)C(F)(F)C(F)F. The van der Waals surface area contributed by atoms with Crippen molar-refractivity contribution in [3.05, 3.63) is 0 Å². The van der Waals surface area contributed by atoms with Crippen molar-refractivity contribution in [1.82, 2.24) is 0 Å². The second-order valence-corrected chi connectivity index (χ2v) is 1.46. The summed E-state index contributed by atoms with van der Waals surface area (Å²) in [6, 6.07) is 0. The van der Waals surface area contributed by atoms with Crippen LogP contribution in [0, 0.1) is 12.8 Å². The molecule has 1 nitrogen and oxygen atoms in total. The Labute approximate surface area is 64.0 Å². The molecule has 0 fully saturated rings. The third-order valence-corrected chi connectivity index (χ3v) is 0.675. The molecule has 7 heteroatoms. The summed E-state index contributed by atoms with van der Waals surface area (Å²) in [5.74, 6) is -5.67. The minimum absolute atomic E-state index is 4.00. The van der Waals surface area contributed by atoms with Crippen LogP contribution in [0.15, 0.2) is 0 Å². The van der Waals surface area contributed by atoms with Crippen LogP contribution in [-0.4, -0.2) is 23.6 Å². The highest BCUT2D eigenvalue weighted by molar-refractivity contribution is 4.77. The monoisotopic (exact) mass is 194 g/mol. The lowest BCUT2D eigenvalue weighted by Crippen LogP contribution is -2.46. The van der Waals surface area contributed by atoms with Gasteiger partial charge in [0.2, 0.25) is 0 Å². The van der Waals surface area contributed by atoms with Gasteiger partial charge in [0, 0.05) is 0 Å². The zero-order valence-corrected chi connectivity index (χ0v) is 5.45. The van der Waals surface area contributed by atoms with Crippen LogP contribution < -0.4 is 0 Å². The molecule has 0 unspecified atom stereocenters. The predicted octanol–water partition coefficient (Wildman–Crippen LogP) is 1.72. The Balaban J connectivity index is 0. The molecule has 0 aromatic heterocycles. The van der Waals surface area contributed by atoms with Gasteiger partial charge in [-0.25, -0.2) is 8.78 Å². The zero-order chi connectivity index (χ0) is 10.6. The van der Waals surface area contributed by atoms with Crippen molar-refractivity contribution in [2.24, 2.45) is 0 Å². The molecule has 0 bridgehead atoms. The molecule has 0 aliphatic heterocycles. The average Bonchev–Trinajstić information content (AvgIpc) is 1.89. The fourth-order valence-electron chi connectivity index (χ4n) is 0.131. The normalized spacial score (nSPS) is 12.2. The Bertz CT molecular complexity index is 146. The fourth-order valence-corrected chi connectivity index (χ4v) is 0.131. The first kappa shape index (κ1) is 13.7. The van der Waals surface area contributed by atoms with E-state index in [1.54, 1.807) is 0 Å². The number of aliphatic hydroxyl groups is 1.